The van der Waals surface area contributed by atoms with Crippen LogP contribution < -0.4 is 10.6 Å². The van der Waals surface area contributed by atoms with E-state index < -0.39 is 17.5 Å². The molecule has 1 aromatic rings. The Morgan fingerprint density at radius 3 is 2.43 bits per heavy atom. The van der Waals surface area contributed by atoms with Gasteiger partial charge in [-0.15, -0.1) is 0 Å². The Kier molecular flexibility index (Phi) is 5.22. The van der Waals surface area contributed by atoms with Crippen LogP contribution in [0.25, 0.3) is 0 Å². The molecule has 0 atom stereocenters. The zero-order valence-corrected chi connectivity index (χ0v) is 13.1. The number of hydrogen-bond acceptors (Lipinski definition) is 3. The van der Waals surface area contributed by atoms with Gasteiger partial charge in [-0.05, 0) is 41.7 Å². The summed E-state index contributed by atoms with van der Waals surface area (Å²) in [7, 11) is 0. The van der Waals surface area contributed by atoms with E-state index in [0.717, 1.165) is 36.8 Å². The maximum Gasteiger partial charge on any atom is 0.329 e. The summed E-state index contributed by atoms with van der Waals surface area (Å²) in [5.41, 5.74) is 1.10. The molecule has 21 heavy (non-hydrogen) atoms. The van der Waals surface area contributed by atoms with E-state index in [1.54, 1.807) is 11.3 Å². The second-order valence-corrected chi connectivity index (χ2v) is 6.43. The van der Waals surface area contributed by atoms with Crippen LogP contribution in [-0.4, -0.2) is 22.6 Å². The summed E-state index contributed by atoms with van der Waals surface area (Å²) in [6.07, 6.45) is 4.77. The van der Waals surface area contributed by atoms with E-state index in [-0.39, 0.29) is 0 Å². The molecular formula is C15H22N2O3S. The molecule has 1 saturated carbocycles. The first-order valence-corrected chi connectivity index (χ1v) is 8.29. The van der Waals surface area contributed by atoms with Crippen LogP contribution in [0.2, 0.25) is 0 Å². The van der Waals surface area contributed by atoms with Crippen molar-refractivity contribution in [2.75, 3.05) is 0 Å². The predicted molar refractivity (Wildman–Crippen MR) is 82.5 cm³/mol. The zero-order valence-electron chi connectivity index (χ0n) is 12.3. The second-order valence-electron chi connectivity index (χ2n) is 5.69. The zero-order chi connectivity index (χ0) is 15.3. The second kappa shape index (κ2) is 6.93. The minimum Gasteiger partial charge on any atom is -0.480 e. The van der Waals surface area contributed by atoms with Gasteiger partial charge >= 0.3 is 12.0 Å². The van der Waals surface area contributed by atoms with Crippen LogP contribution in [0.15, 0.2) is 10.8 Å². The third-order valence-corrected chi connectivity index (χ3v) is 5.03. The predicted octanol–water partition coefficient (Wildman–Crippen LogP) is 3.03. The van der Waals surface area contributed by atoms with Gasteiger partial charge in [0.15, 0.2) is 0 Å². The molecule has 2 amide bonds. The van der Waals surface area contributed by atoms with Gasteiger partial charge < -0.3 is 15.7 Å². The molecule has 3 N–H and O–H groups in total. The normalized spacial score (nSPS) is 17.8. The number of rotatable bonds is 4. The number of urea groups is 1. The number of thiophene rings is 1. The molecule has 0 saturated heterocycles. The lowest BCUT2D eigenvalue weighted by atomic mass is 9.90. The Morgan fingerprint density at radius 2 is 1.90 bits per heavy atom. The highest BCUT2D eigenvalue weighted by Crippen LogP contribution is 2.27. The molecule has 1 fully saturated rings. The topological polar surface area (TPSA) is 78.4 Å². The van der Waals surface area contributed by atoms with Crippen LogP contribution >= 0.6 is 11.3 Å². The molecule has 6 heteroatoms. The monoisotopic (exact) mass is 310 g/mol. The molecule has 0 spiro atoms. The van der Waals surface area contributed by atoms with Gasteiger partial charge in [0, 0.05) is 6.54 Å². The molecular weight excluding hydrogens is 288 g/mol. The van der Waals surface area contributed by atoms with Crippen molar-refractivity contribution in [1.82, 2.24) is 10.6 Å². The number of aryl methyl sites for hydroxylation is 1. The van der Waals surface area contributed by atoms with E-state index >= 15 is 0 Å². The highest BCUT2D eigenvalue weighted by atomic mass is 32.1. The van der Waals surface area contributed by atoms with Crippen molar-refractivity contribution in [3.8, 4) is 0 Å². The number of nitrogens with one attached hydrogen (secondary N) is 2. The maximum absolute atomic E-state index is 12.1. The Labute approximate surface area is 128 Å². The fourth-order valence-corrected chi connectivity index (χ4v) is 3.59. The van der Waals surface area contributed by atoms with Gasteiger partial charge in [-0.25, -0.2) is 9.59 Å². The van der Waals surface area contributed by atoms with Crippen molar-refractivity contribution in [3.05, 3.63) is 21.9 Å². The van der Waals surface area contributed by atoms with E-state index in [9.17, 15) is 14.7 Å². The highest BCUT2D eigenvalue weighted by Gasteiger charge is 2.40. The smallest absolute Gasteiger partial charge is 0.329 e. The SMILES string of the molecule is Cc1cscc1CNC(=O)NC1(C(=O)O)CCCCCC1. The van der Waals surface area contributed by atoms with Crippen LogP contribution in [0.1, 0.15) is 49.7 Å². The molecule has 0 unspecified atom stereocenters. The summed E-state index contributed by atoms with van der Waals surface area (Å²) in [6, 6.07) is -0.398. The Morgan fingerprint density at radius 1 is 1.24 bits per heavy atom. The molecule has 116 valence electrons. The quantitative estimate of drug-likeness (QED) is 0.748. The summed E-state index contributed by atoms with van der Waals surface area (Å²) < 4.78 is 0. The molecule has 0 aromatic carbocycles. The van der Waals surface area contributed by atoms with Gasteiger partial charge in [-0.1, -0.05) is 25.7 Å². The third kappa shape index (κ3) is 3.97. The lowest BCUT2D eigenvalue weighted by Crippen LogP contribution is -2.56. The first kappa shape index (κ1) is 15.8. The Bertz CT molecular complexity index is 505. The summed E-state index contributed by atoms with van der Waals surface area (Å²) in [5.74, 6) is -0.925. The molecule has 2 rings (SSSR count). The number of amides is 2. The highest BCUT2D eigenvalue weighted by molar-refractivity contribution is 7.08. The number of hydrogen-bond donors (Lipinski definition) is 3. The largest absolute Gasteiger partial charge is 0.480 e. The maximum atomic E-state index is 12.1. The van der Waals surface area contributed by atoms with Crippen molar-refractivity contribution < 1.29 is 14.7 Å². The fraction of sp³-hybridized carbons (Fsp3) is 0.600. The van der Waals surface area contributed by atoms with E-state index in [0.29, 0.717) is 19.4 Å². The molecule has 1 heterocycles. The first-order chi connectivity index (χ1) is 10.0. The van der Waals surface area contributed by atoms with E-state index in [2.05, 4.69) is 10.6 Å². The van der Waals surface area contributed by atoms with Gasteiger partial charge in [-0.2, -0.15) is 11.3 Å². The lowest BCUT2D eigenvalue weighted by molar-refractivity contribution is -0.145. The summed E-state index contributed by atoms with van der Waals surface area (Å²) in [4.78, 5) is 23.7. The average molecular weight is 310 g/mol. The van der Waals surface area contributed by atoms with Gasteiger partial charge in [-0.3, -0.25) is 0 Å². The van der Waals surface area contributed by atoms with Crippen LogP contribution in [0.3, 0.4) is 0 Å². The first-order valence-electron chi connectivity index (χ1n) is 7.34. The van der Waals surface area contributed by atoms with Crippen molar-refractivity contribution in [2.45, 2.75) is 57.5 Å². The molecule has 5 nitrogen and oxygen atoms in total. The molecule has 1 aromatic heterocycles. The average Bonchev–Trinajstić information content (AvgIpc) is 2.70. The molecule has 1 aliphatic rings. The van der Waals surface area contributed by atoms with Crippen LogP contribution in [0, 0.1) is 6.92 Å². The summed E-state index contributed by atoms with van der Waals surface area (Å²) in [6.45, 7) is 2.42. The molecule has 1 aliphatic carbocycles. The van der Waals surface area contributed by atoms with Crippen LogP contribution in [0.5, 0.6) is 0 Å². The Balaban J connectivity index is 1.95. The summed E-state index contributed by atoms with van der Waals surface area (Å²) >= 11 is 1.59. The molecule has 0 bridgehead atoms. The van der Waals surface area contributed by atoms with Gasteiger partial charge in [0.05, 0.1) is 0 Å². The van der Waals surface area contributed by atoms with Gasteiger partial charge in [0.25, 0.3) is 0 Å². The van der Waals surface area contributed by atoms with E-state index in [4.69, 9.17) is 0 Å². The molecule has 0 radical (unpaired) electrons. The van der Waals surface area contributed by atoms with Crippen molar-refractivity contribution in [1.29, 1.82) is 0 Å². The van der Waals surface area contributed by atoms with Gasteiger partial charge in [0.2, 0.25) is 0 Å². The number of carbonyl (C=O) groups is 2. The number of carboxylic acid groups (broad SMARTS) is 1. The fourth-order valence-electron chi connectivity index (χ4n) is 2.73. The minimum atomic E-state index is -1.11. The van der Waals surface area contributed by atoms with E-state index in [1.165, 1.54) is 0 Å². The Hall–Kier alpha value is -1.56. The standard InChI is InChI=1S/C15H22N2O3S/c1-11-9-21-10-12(11)8-16-14(20)17-15(13(18)19)6-4-2-3-5-7-15/h9-10H,2-8H2,1H3,(H,18,19)(H2,16,17,20). The number of aliphatic carboxylic acids is 1. The third-order valence-electron chi connectivity index (χ3n) is 4.12. The molecule has 0 aliphatic heterocycles. The summed E-state index contributed by atoms with van der Waals surface area (Å²) in [5, 5.41) is 19.0. The number of carboxylic acids is 1. The van der Waals surface area contributed by atoms with E-state index in [1.807, 2.05) is 17.7 Å². The van der Waals surface area contributed by atoms with Crippen molar-refractivity contribution in [2.24, 2.45) is 0 Å². The van der Waals surface area contributed by atoms with Crippen LogP contribution in [0.4, 0.5) is 4.79 Å². The number of carbonyl (C=O) groups excluding carboxylic acids is 1. The van der Waals surface area contributed by atoms with Gasteiger partial charge in [0.1, 0.15) is 5.54 Å². The lowest BCUT2D eigenvalue weighted by Gasteiger charge is -2.29. The van der Waals surface area contributed by atoms with Crippen LogP contribution in [-0.2, 0) is 11.3 Å². The van der Waals surface area contributed by atoms with Crippen molar-refractivity contribution >= 4 is 23.3 Å². The minimum absolute atomic E-state index is 0.398. The van der Waals surface area contributed by atoms with Crippen molar-refractivity contribution in [3.63, 3.8) is 0 Å².